The molecule has 0 aliphatic carbocycles. The molecule has 2 heterocycles. The third kappa shape index (κ3) is 4.30. The third-order valence-corrected chi connectivity index (χ3v) is 4.92. The number of anilines is 2. The fourth-order valence-electron chi connectivity index (χ4n) is 3.38. The zero-order valence-electron chi connectivity index (χ0n) is 16.2. The van der Waals surface area contributed by atoms with Crippen LogP contribution in [0, 0.1) is 0 Å². The Morgan fingerprint density at radius 1 is 1.33 bits per heavy atom. The van der Waals surface area contributed by atoms with Gasteiger partial charge in [0.1, 0.15) is 5.82 Å². The predicted molar refractivity (Wildman–Crippen MR) is 106 cm³/mol. The van der Waals surface area contributed by atoms with Crippen LogP contribution in [0.2, 0.25) is 0 Å². The largest absolute Gasteiger partial charge is 0.337 e. The molecule has 0 unspecified atom stereocenters. The molecule has 0 spiro atoms. The van der Waals surface area contributed by atoms with Crippen LogP contribution in [0.1, 0.15) is 38.9 Å². The summed E-state index contributed by atoms with van der Waals surface area (Å²) in [6, 6.07) is 7.53. The van der Waals surface area contributed by atoms with Crippen LogP contribution >= 0.6 is 0 Å². The van der Waals surface area contributed by atoms with Gasteiger partial charge in [-0.1, -0.05) is 6.92 Å². The van der Waals surface area contributed by atoms with Gasteiger partial charge in [-0.3, -0.25) is 4.79 Å². The van der Waals surface area contributed by atoms with Crippen molar-refractivity contribution >= 4 is 23.3 Å². The number of carbonyl (C=O) groups is 2. The number of aryl methyl sites for hydroxylation is 1. The van der Waals surface area contributed by atoms with Crippen LogP contribution in [0.25, 0.3) is 0 Å². The molecule has 144 valence electrons. The summed E-state index contributed by atoms with van der Waals surface area (Å²) in [5.41, 5.74) is 1.59. The Labute approximate surface area is 160 Å². The molecule has 7 nitrogen and oxygen atoms in total. The summed E-state index contributed by atoms with van der Waals surface area (Å²) in [7, 11) is 1.92. The van der Waals surface area contributed by atoms with Gasteiger partial charge in [-0.25, -0.2) is 9.78 Å². The van der Waals surface area contributed by atoms with Crippen LogP contribution < -0.4 is 10.2 Å². The molecule has 1 aromatic carbocycles. The topological polar surface area (TPSA) is 70.5 Å². The second-order valence-corrected chi connectivity index (χ2v) is 7.00. The van der Waals surface area contributed by atoms with Gasteiger partial charge in [0, 0.05) is 49.8 Å². The molecule has 27 heavy (non-hydrogen) atoms. The lowest BCUT2D eigenvalue weighted by Gasteiger charge is -2.23. The highest BCUT2D eigenvalue weighted by atomic mass is 16.2. The smallest absolute Gasteiger partial charge is 0.322 e. The normalized spacial score (nSPS) is 16.6. The molecule has 1 aliphatic heterocycles. The second kappa shape index (κ2) is 8.24. The van der Waals surface area contributed by atoms with Crippen LogP contribution in [0.5, 0.6) is 0 Å². The number of nitrogens with zero attached hydrogens (tertiary/aromatic N) is 4. The maximum atomic E-state index is 12.7. The molecule has 3 amide bonds. The Morgan fingerprint density at radius 2 is 2.07 bits per heavy atom. The van der Waals surface area contributed by atoms with Gasteiger partial charge in [0.25, 0.3) is 0 Å². The van der Waals surface area contributed by atoms with E-state index in [0.717, 1.165) is 24.4 Å². The first-order valence-electron chi connectivity index (χ1n) is 9.44. The maximum absolute atomic E-state index is 12.7. The zero-order valence-corrected chi connectivity index (χ0v) is 16.2. The Hall–Kier alpha value is -2.83. The average Bonchev–Trinajstić information content (AvgIpc) is 3.20. The van der Waals surface area contributed by atoms with Gasteiger partial charge < -0.3 is 19.7 Å². The summed E-state index contributed by atoms with van der Waals surface area (Å²) in [4.78, 5) is 32.6. The molecule has 1 aromatic heterocycles. The lowest BCUT2D eigenvalue weighted by molar-refractivity contribution is -0.117. The Balaban J connectivity index is 1.66. The molecular weight excluding hydrogens is 342 g/mol. The second-order valence-electron chi connectivity index (χ2n) is 7.00. The minimum absolute atomic E-state index is 0.154. The first-order chi connectivity index (χ1) is 13.0. The van der Waals surface area contributed by atoms with Gasteiger partial charge in [-0.05, 0) is 44.0 Å². The Bertz CT molecular complexity index is 799. The minimum atomic E-state index is -0.154. The third-order valence-electron chi connectivity index (χ3n) is 4.92. The molecule has 0 radical (unpaired) electrons. The molecule has 2 aromatic rings. The molecule has 7 heteroatoms. The summed E-state index contributed by atoms with van der Waals surface area (Å²) in [6.07, 6.45) is 5.95. The van der Waals surface area contributed by atoms with Gasteiger partial charge in [-0.15, -0.1) is 0 Å². The minimum Gasteiger partial charge on any atom is -0.337 e. The van der Waals surface area contributed by atoms with Crippen molar-refractivity contribution in [1.82, 2.24) is 14.5 Å². The molecule has 0 bridgehead atoms. The lowest BCUT2D eigenvalue weighted by Crippen LogP contribution is -2.36. The van der Waals surface area contributed by atoms with E-state index in [0.29, 0.717) is 25.2 Å². The standard InChI is InChI=1S/C20H27N5O2/c1-4-12-24(14-18-21-11-13-23(18)3)20(27)22-16-6-8-17(9-7-16)25-15(2)5-10-19(25)26/h6-9,11,13,15H,4-5,10,12,14H2,1-3H3,(H,22,27)/t15-/m0/s1. The van der Waals surface area contributed by atoms with E-state index < -0.39 is 0 Å². The number of urea groups is 1. The highest BCUT2D eigenvalue weighted by Gasteiger charge is 2.28. The lowest BCUT2D eigenvalue weighted by atomic mass is 10.2. The van der Waals surface area contributed by atoms with E-state index in [1.165, 1.54) is 0 Å². The van der Waals surface area contributed by atoms with Crippen molar-refractivity contribution in [3.8, 4) is 0 Å². The van der Waals surface area contributed by atoms with Crippen molar-refractivity contribution in [2.45, 2.75) is 45.7 Å². The molecule has 3 rings (SSSR count). The van der Waals surface area contributed by atoms with E-state index in [-0.39, 0.29) is 18.0 Å². The monoisotopic (exact) mass is 369 g/mol. The van der Waals surface area contributed by atoms with Crippen LogP contribution in [0.3, 0.4) is 0 Å². The molecule has 1 aliphatic rings. The summed E-state index contributed by atoms with van der Waals surface area (Å²) in [6.45, 7) is 5.21. The summed E-state index contributed by atoms with van der Waals surface area (Å²) >= 11 is 0. The van der Waals surface area contributed by atoms with Crippen molar-refractivity contribution in [1.29, 1.82) is 0 Å². The van der Waals surface area contributed by atoms with E-state index in [4.69, 9.17) is 0 Å². The Morgan fingerprint density at radius 3 is 2.63 bits per heavy atom. The number of carbonyl (C=O) groups excluding carboxylic acids is 2. The van der Waals surface area contributed by atoms with Gasteiger partial charge in [0.05, 0.1) is 6.54 Å². The number of rotatable bonds is 6. The predicted octanol–water partition coefficient (Wildman–Crippen LogP) is 3.38. The van der Waals surface area contributed by atoms with Crippen LogP contribution in [0.4, 0.5) is 16.2 Å². The van der Waals surface area contributed by atoms with Crippen LogP contribution in [-0.2, 0) is 18.4 Å². The number of nitrogens with one attached hydrogen (secondary N) is 1. The fraction of sp³-hybridized carbons (Fsp3) is 0.450. The average molecular weight is 369 g/mol. The number of amides is 3. The quantitative estimate of drug-likeness (QED) is 0.848. The number of aromatic nitrogens is 2. The van der Waals surface area contributed by atoms with Crippen molar-refractivity contribution in [3.63, 3.8) is 0 Å². The molecule has 1 N–H and O–H groups in total. The van der Waals surface area contributed by atoms with Gasteiger partial charge >= 0.3 is 6.03 Å². The zero-order chi connectivity index (χ0) is 19.4. The molecule has 1 fully saturated rings. The maximum Gasteiger partial charge on any atom is 0.322 e. The van der Waals surface area contributed by atoms with Gasteiger partial charge in [0.2, 0.25) is 5.91 Å². The van der Waals surface area contributed by atoms with E-state index in [9.17, 15) is 9.59 Å². The van der Waals surface area contributed by atoms with E-state index in [1.54, 1.807) is 11.1 Å². The van der Waals surface area contributed by atoms with E-state index in [1.807, 2.05) is 53.9 Å². The molecular formula is C20H27N5O2. The van der Waals surface area contributed by atoms with Crippen LogP contribution in [0.15, 0.2) is 36.7 Å². The van der Waals surface area contributed by atoms with Crippen molar-refractivity contribution < 1.29 is 9.59 Å². The number of imidazole rings is 1. The molecule has 1 atom stereocenters. The number of benzene rings is 1. The number of hydrogen-bond donors (Lipinski definition) is 1. The number of hydrogen-bond acceptors (Lipinski definition) is 3. The first-order valence-corrected chi connectivity index (χ1v) is 9.44. The van der Waals surface area contributed by atoms with Gasteiger partial charge in [0.15, 0.2) is 0 Å². The van der Waals surface area contributed by atoms with Gasteiger partial charge in [-0.2, -0.15) is 0 Å². The summed E-state index contributed by atoms with van der Waals surface area (Å²) in [5.74, 6) is 0.999. The summed E-state index contributed by atoms with van der Waals surface area (Å²) in [5, 5.41) is 2.95. The highest BCUT2D eigenvalue weighted by molar-refractivity contribution is 5.96. The van der Waals surface area contributed by atoms with E-state index >= 15 is 0 Å². The Kier molecular flexibility index (Phi) is 5.78. The van der Waals surface area contributed by atoms with E-state index in [2.05, 4.69) is 17.2 Å². The van der Waals surface area contributed by atoms with Crippen molar-refractivity contribution in [2.75, 3.05) is 16.8 Å². The first kappa shape index (κ1) is 18.9. The molecule has 1 saturated heterocycles. The van der Waals surface area contributed by atoms with Crippen molar-refractivity contribution in [2.24, 2.45) is 7.05 Å². The van der Waals surface area contributed by atoms with Crippen LogP contribution in [-0.4, -0.2) is 39.0 Å². The highest BCUT2D eigenvalue weighted by Crippen LogP contribution is 2.27. The molecule has 0 saturated carbocycles. The fourth-order valence-corrected chi connectivity index (χ4v) is 3.38. The SMILES string of the molecule is CCCN(Cc1nccn1C)C(=O)Nc1ccc(N2C(=O)CC[C@@H]2C)cc1. The van der Waals surface area contributed by atoms with Crippen molar-refractivity contribution in [3.05, 3.63) is 42.5 Å². The summed E-state index contributed by atoms with van der Waals surface area (Å²) < 4.78 is 1.92.